The van der Waals surface area contributed by atoms with Gasteiger partial charge in [0.2, 0.25) is 10.0 Å². The second-order valence-electron chi connectivity index (χ2n) is 7.64. The Morgan fingerprint density at radius 2 is 1.90 bits per heavy atom. The molecule has 1 fully saturated rings. The number of benzene rings is 2. The Balaban J connectivity index is 1.80. The van der Waals surface area contributed by atoms with Crippen LogP contribution in [0.3, 0.4) is 0 Å². The molecule has 2 aromatic carbocycles. The number of rotatable bonds is 6. The van der Waals surface area contributed by atoms with Crippen LogP contribution in [0.15, 0.2) is 53.4 Å². The lowest BCUT2D eigenvalue weighted by Gasteiger charge is -2.42. The Morgan fingerprint density at radius 3 is 2.53 bits per heavy atom. The number of sulfonamides is 1. The summed E-state index contributed by atoms with van der Waals surface area (Å²) in [5.74, 6) is -0.464. The van der Waals surface area contributed by atoms with Crippen LogP contribution >= 0.6 is 0 Å². The van der Waals surface area contributed by atoms with Crippen LogP contribution in [0.1, 0.15) is 30.9 Å². The first kappa shape index (κ1) is 22.2. The molecule has 3 rings (SSSR count). The van der Waals surface area contributed by atoms with Gasteiger partial charge in [-0.2, -0.15) is 4.31 Å². The zero-order valence-electron chi connectivity index (χ0n) is 16.9. The average molecular weight is 435 g/mol. The van der Waals surface area contributed by atoms with Crippen molar-refractivity contribution in [1.82, 2.24) is 9.79 Å². The number of aliphatic hydroxyl groups is 1. The Morgan fingerprint density at radius 1 is 1.23 bits per heavy atom. The van der Waals surface area contributed by atoms with Crippen LogP contribution in [0, 0.1) is 6.92 Å². The summed E-state index contributed by atoms with van der Waals surface area (Å²) < 4.78 is 33.0. The van der Waals surface area contributed by atoms with Crippen molar-refractivity contribution in [3.63, 3.8) is 0 Å². The lowest BCUT2D eigenvalue weighted by Crippen LogP contribution is -2.62. The highest BCUT2D eigenvalue weighted by Gasteiger charge is 2.49. The first-order valence-electron chi connectivity index (χ1n) is 9.62. The van der Waals surface area contributed by atoms with Crippen molar-refractivity contribution in [1.29, 1.82) is 0 Å². The molecule has 162 valence electrons. The average Bonchev–Trinajstić information content (AvgIpc) is 2.72. The summed E-state index contributed by atoms with van der Waals surface area (Å²) in [6.07, 6.45) is 0.627. The number of carbonyl (C=O) groups excluding carboxylic acids is 1. The highest BCUT2D eigenvalue weighted by Crippen LogP contribution is 2.32. The van der Waals surface area contributed by atoms with Crippen LogP contribution in [0.2, 0.25) is 0 Å². The Kier molecular flexibility index (Phi) is 6.47. The topological polar surface area (TPSA) is 116 Å². The molecule has 1 amide bonds. The Labute approximate surface area is 176 Å². The summed E-state index contributed by atoms with van der Waals surface area (Å²) in [6, 6.07) is 12.3. The number of carbonyl (C=O) groups is 1. The molecule has 9 heteroatoms. The fourth-order valence-electron chi connectivity index (χ4n) is 3.68. The van der Waals surface area contributed by atoms with Crippen molar-refractivity contribution in [2.24, 2.45) is 0 Å². The summed E-state index contributed by atoms with van der Waals surface area (Å²) in [5.41, 5.74) is 1.99. The number of ether oxygens (including phenoxy) is 1. The number of amides is 1. The predicted octanol–water partition coefficient (Wildman–Crippen LogP) is 1.98. The standard InChI is InChI=1S/C21H26N2O6S/c1-15-6-3-4-7-16(15)14-29-17-8-10-18(11-9-17)30(27,28)23-13-5-12-21(2,25)19(23)20(24)22-26/h3-4,6-11,19,25-26H,5,12-14H2,1-2H3,(H,22,24)/t19?,21-/m0/s1. The number of hydroxylamine groups is 1. The molecule has 8 nitrogen and oxygen atoms in total. The number of nitrogens with one attached hydrogen (secondary N) is 1. The first-order valence-corrected chi connectivity index (χ1v) is 11.1. The highest BCUT2D eigenvalue weighted by molar-refractivity contribution is 7.89. The van der Waals surface area contributed by atoms with E-state index in [9.17, 15) is 18.3 Å². The normalized spacial score (nSPS) is 22.5. The number of nitrogens with zero attached hydrogens (tertiary/aromatic N) is 1. The molecule has 0 saturated carbocycles. The molecule has 1 aliphatic rings. The van der Waals surface area contributed by atoms with Crippen LogP contribution in [0.5, 0.6) is 5.75 Å². The van der Waals surface area contributed by atoms with E-state index in [1.165, 1.54) is 24.5 Å². The second-order valence-corrected chi connectivity index (χ2v) is 9.53. The number of hydrogen-bond acceptors (Lipinski definition) is 6. The minimum atomic E-state index is -4.08. The third-order valence-corrected chi connectivity index (χ3v) is 7.26. The minimum absolute atomic E-state index is 0.0285. The van der Waals surface area contributed by atoms with Crippen LogP contribution < -0.4 is 10.2 Å². The molecule has 3 N–H and O–H groups in total. The van der Waals surface area contributed by atoms with Crippen molar-refractivity contribution < 1.29 is 28.3 Å². The molecular formula is C21H26N2O6S. The van der Waals surface area contributed by atoms with Gasteiger partial charge in [-0.1, -0.05) is 24.3 Å². The quantitative estimate of drug-likeness (QED) is 0.473. The van der Waals surface area contributed by atoms with E-state index in [2.05, 4.69) is 0 Å². The van der Waals surface area contributed by atoms with Gasteiger partial charge >= 0.3 is 0 Å². The van der Waals surface area contributed by atoms with Crippen LogP contribution in [-0.2, 0) is 21.4 Å². The van der Waals surface area contributed by atoms with Crippen molar-refractivity contribution >= 4 is 15.9 Å². The van der Waals surface area contributed by atoms with Crippen molar-refractivity contribution in [3.8, 4) is 5.75 Å². The molecule has 2 aromatic rings. The van der Waals surface area contributed by atoms with Gasteiger partial charge in [-0.05, 0) is 62.1 Å². The predicted molar refractivity (Wildman–Crippen MR) is 109 cm³/mol. The number of aryl methyl sites for hydroxylation is 1. The molecule has 1 unspecified atom stereocenters. The smallest absolute Gasteiger partial charge is 0.264 e. The summed E-state index contributed by atoms with van der Waals surface area (Å²) in [5, 5.41) is 19.6. The highest BCUT2D eigenvalue weighted by atomic mass is 32.2. The molecular weight excluding hydrogens is 408 g/mol. The summed E-state index contributed by atoms with van der Waals surface area (Å²) in [7, 11) is -4.08. The van der Waals surface area contributed by atoms with Gasteiger partial charge in [0.05, 0.1) is 10.5 Å². The molecule has 1 heterocycles. The second kappa shape index (κ2) is 8.73. The third kappa shape index (κ3) is 4.49. The lowest BCUT2D eigenvalue weighted by atomic mass is 9.87. The van der Waals surface area contributed by atoms with E-state index in [4.69, 9.17) is 9.94 Å². The van der Waals surface area contributed by atoms with E-state index in [0.29, 0.717) is 18.8 Å². The minimum Gasteiger partial charge on any atom is -0.489 e. The number of piperidine rings is 1. The lowest BCUT2D eigenvalue weighted by molar-refractivity contribution is -0.144. The van der Waals surface area contributed by atoms with E-state index in [0.717, 1.165) is 15.4 Å². The Hall–Kier alpha value is -2.46. The van der Waals surface area contributed by atoms with E-state index in [-0.39, 0.29) is 17.9 Å². The fraction of sp³-hybridized carbons (Fsp3) is 0.381. The van der Waals surface area contributed by atoms with E-state index < -0.39 is 27.6 Å². The maximum absolute atomic E-state index is 13.2. The monoisotopic (exact) mass is 434 g/mol. The fourth-order valence-corrected chi connectivity index (χ4v) is 5.40. The van der Waals surface area contributed by atoms with Gasteiger partial charge in [-0.15, -0.1) is 0 Å². The zero-order valence-corrected chi connectivity index (χ0v) is 17.7. The molecule has 0 radical (unpaired) electrons. The van der Waals surface area contributed by atoms with E-state index in [1.54, 1.807) is 12.1 Å². The molecule has 30 heavy (non-hydrogen) atoms. The van der Waals surface area contributed by atoms with E-state index in [1.807, 2.05) is 31.2 Å². The van der Waals surface area contributed by atoms with Gasteiger partial charge < -0.3 is 9.84 Å². The number of hydrogen-bond donors (Lipinski definition) is 3. The van der Waals surface area contributed by atoms with Gasteiger partial charge in [-0.25, -0.2) is 13.9 Å². The van der Waals surface area contributed by atoms with Crippen molar-refractivity contribution in [2.75, 3.05) is 6.54 Å². The van der Waals surface area contributed by atoms with Gasteiger partial charge in [0.25, 0.3) is 5.91 Å². The molecule has 0 spiro atoms. The van der Waals surface area contributed by atoms with E-state index >= 15 is 0 Å². The molecule has 2 atom stereocenters. The Bertz CT molecular complexity index is 1000. The maximum atomic E-state index is 13.2. The van der Waals surface area contributed by atoms with Crippen LogP contribution in [-0.4, -0.2) is 47.1 Å². The molecule has 1 saturated heterocycles. The van der Waals surface area contributed by atoms with Crippen LogP contribution in [0.4, 0.5) is 0 Å². The largest absolute Gasteiger partial charge is 0.489 e. The molecule has 0 aromatic heterocycles. The van der Waals surface area contributed by atoms with Gasteiger partial charge in [0.15, 0.2) is 0 Å². The summed E-state index contributed by atoms with van der Waals surface area (Å²) in [4.78, 5) is 12.1. The summed E-state index contributed by atoms with van der Waals surface area (Å²) in [6.45, 7) is 3.78. The summed E-state index contributed by atoms with van der Waals surface area (Å²) >= 11 is 0. The van der Waals surface area contributed by atoms with Crippen molar-refractivity contribution in [3.05, 3.63) is 59.7 Å². The van der Waals surface area contributed by atoms with Crippen LogP contribution in [0.25, 0.3) is 0 Å². The maximum Gasteiger partial charge on any atom is 0.264 e. The van der Waals surface area contributed by atoms with Crippen molar-refractivity contribution in [2.45, 2.75) is 49.8 Å². The first-order chi connectivity index (χ1) is 14.2. The third-order valence-electron chi connectivity index (χ3n) is 5.38. The van der Waals surface area contributed by atoms with Gasteiger partial charge in [0, 0.05) is 6.54 Å². The van der Waals surface area contributed by atoms with Gasteiger partial charge in [-0.3, -0.25) is 10.0 Å². The van der Waals surface area contributed by atoms with Gasteiger partial charge in [0.1, 0.15) is 18.4 Å². The molecule has 1 aliphatic heterocycles. The SMILES string of the molecule is Cc1ccccc1COc1ccc(S(=O)(=O)N2CCC[C@](C)(O)C2C(=O)NO)cc1. The molecule has 0 bridgehead atoms. The molecule has 0 aliphatic carbocycles. The zero-order chi connectivity index (χ0) is 21.9.